The summed E-state index contributed by atoms with van der Waals surface area (Å²) >= 11 is 0. The fourth-order valence-electron chi connectivity index (χ4n) is 3.16. The number of methoxy groups -OCH3 is 1. The van der Waals surface area contributed by atoms with E-state index in [0.29, 0.717) is 28.4 Å². The van der Waals surface area contributed by atoms with E-state index in [1.807, 2.05) is 48.5 Å². The van der Waals surface area contributed by atoms with Crippen molar-refractivity contribution in [1.29, 1.82) is 0 Å². The number of carbonyl (C=O) groups excluding carboxylic acids is 2. The van der Waals surface area contributed by atoms with Crippen molar-refractivity contribution in [2.75, 3.05) is 20.3 Å². The molecule has 6 nitrogen and oxygen atoms in total. The topological polar surface area (TPSA) is 71.1 Å². The second-order valence-electron chi connectivity index (χ2n) is 7.91. The Morgan fingerprint density at radius 1 is 0.714 bits per heavy atom. The summed E-state index contributed by atoms with van der Waals surface area (Å²) in [5.74, 6) is 0.696. The van der Waals surface area contributed by atoms with Crippen LogP contribution in [0.25, 0.3) is 22.3 Å². The Bertz CT molecular complexity index is 1240. The van der Waals surface area contributed by atoms with Crippen molar-refractivity contribution in [2.24, 2.45) is 0 Å². The molecule has 0 bridgehead atoms. The van der Waals surface area contributed by atoms with Crippen molar-refractivity contribution in [1.82, 2.24) is 0 Å². The third kappa shape index (κ3) is 6.84. The monoisotopic (exact) mass is 472 g/mol. The zero-order valence-electron chi connectivity index (χ0n) is 20.1. The smallest absolute Gasteiger partial charge is 0.338 e. The molecule has 6 heteroatoms. The summed E-state index contributed by atoms with van der Waals surface area (Å²) in [5, 5.41) is 0. The number of hydrogen-bond donors (Lipinski definition) is 0. The predicted molar refractivity (Wildman–Crippen MR) is 136 cm³/mol. The number of rotatable bonds is 10. The van der Waals surface area contributed by atoms with E-state index in [2.05, 4.69) is 19.2 Å². The van der Waals surface area contributed by atoms with Crippen LogP contribution >= 0.6 is 0 Å². The van der Waals surface area contributed by atoms with Gasteiger partial charge in [-0.05, 0) is 66.4 Å². The van der Waals surface area contributed by atoms with Crippen LogP contribution in [0, 0.1) is 0 Å². The van der Waals surface area contributed by atoms with E-state index < -0.39 is 11.9 Å². The maximum absolute atomic E-state index is 11.7. The Balaban J connectivity index is 1.72. The summed E-state index contributed by atoms with van der Waals surface area (Å²) in [6, 6.07) is 21.1. The lowest BCUT2D eigenvalue weighted by atomic mass is 9.99. The van der Waals surface area contributed by atoms with Crippen molar-refractivity contribution < 1.29 is 28.5 Å². The van der Waals surface area contributed by atoms with Gasteiger partial charge in [0.15, 0.2) is 11.5 Å². The highest BCUT2D eigenvalue weighted by molar-refractivity contribution is 5.89. The average Bonchev–Trinajstić information content (AvgIpc) is 2.86. The van der Waals surface area contributed by atoms with E-state index in [1.165, 1.54) is 0 Å². The molecule has 0 aromatic heterocycles. The highest BCUT2D eigenvalue weighted by Crippen LogP contribution is 2.34. The Kier molecular flexibility index (Phi) is 8.46. The number of esters is 2. The van der Waals surface area contributed by atoms with Crippen LogP contribution < -0.4 is 14.2 Å². The first-order chi connectivity index (χ1) is 16.8. The SMILES string of the molecule is C=C(C)C(=O)OCCOc1ccc(-c2cccc(-c3ccc(OC(=O)C(=C)C)cc3)c2)cc1OC. The van der Waals surface area contributed by atoms with Crippen molar-refractivity contribution in [3.05, 3.63) is 91.0 Å². The quantitative estimate of drug-likeness (QED) is 0.156. The molecule has 0 amide bonds. The highest BCUT2D eigenvalue weighted by Gasteiger charge is 2.10. The van der Waals surface area contributed by atoms with Gasteiger partial charge in [0.2, 0.25) is 0 Å². The second-order valence-corrected chi connectivity index (χ2v) is 7.91. The maximum Gasteiger partial charge on any atom is 0.338 e. The van der Waals surface area contributed by atoms with Gasteiger partial charge in [0.1, 0.15) is 19.0 Å². The van der Waals surface area contributed by atoms with Crippen LogP contribution in [0.5, 0.6) is 17.2 Å². The molecule has 180 valence electrons. The van der Waals surface area contributed by atoms with Gasteiger partial charge in [-0.15, -0.1) is 0 Å². The third-order valence-corrected chi connectivity index (χ3v) is 5.03. The molecule has 3 rings (SSSR count). The molecule has 35 heavy (non-hydrogen) atoms. The minimum atomic E-state index is -0.450. The van der Waals surface area contributed by atoms with Gasteiger partial charge in [-0.1, -0.05) is 49.6 Å². The minimum Gasteiger partial charge on any atom is -0.493 e. The van der Waals surface area contributed by atoms with Crippen molar-refractivity contribution >= 4 is 11.9 Å². The van der Waals surface area contributed by atoms with E-state index in [1.54, 1.807) is 33.1 Å². The van der Waals surface area contributed by atoms with Crippen LogP contribution in [0.1, 0.15) is 13.8 Å². The van der Waals surface area contributed by atoms with E-state index in [0.717, 1.165) is 22.3 Å². The molecule has 0 saturated carbocycles. The van der Waals surface area contributed by atoms with E-state index in [4.69, 9.17) is 18.9 Å². The van der Waals surface area contributed by atoms with Gasteiger partial charge in [-0.2, -0.15) is 0 Å². The van der Waals surface area contributed by atoms with Crippen LogP contribution in [0.15, 0.2) is 91.0 Å². The fourth-order valence-corrected chi connectivity index (χ4v) is 3.16. The largest absolute Gasteiger partial charge is 0.493 e. The molecule has 0 unspecified atom stereocenters. The molecule has 0 heterocycles. The lowest BCUT2D eigenvalue weighted by molar-refractivity contribution is -0.139. The second kappa shape index (κ2) is 11.7. The Morgan fingerprint density at radius 2 is 1.31 bits per heavy atom. The molecule has 0 aliphatic carbocycles. The first kappa shape index (κ1) is 25.3. The van der Waals surface area contributed by atoms with Gasteiger partial charge >= 0.3 is 11.9 Å². The molecule has 0 spiro atoms. The first-order valence-corrected chi connectivity index (χ1v) is 11.0. The molecule has 0 atom stereocenters. The van der Waals surface area contributed by atoms with Crippen LogP contribution in [-0.2, 0) is 14.3 Å². The van der Waals surface area contributed by atoms with Gasteiger partial charge in [0.05, 0.1) is 7.11 Å². The highest BCUT2D eigenvalue weighted by atomic mass is 16.6. The van der Waals surface area contributed by atoms with Crippen LogP contribution in [0.3, 0.4) is 0 Å². The minimum absolute atomic E-state index is 0.115. The molecular weight excluding hydrogens is 444 g/mol. The number of carbonyl (C=O) groups is 2. The van der Waals surface area contributed by atoms with Gasteiger partial charge in [0.25, 0.3) is 0 Å². The summed E-state index contributed by atoms with van der Waals surface area (Å²) in [4.78, 5) is 23.2. The summed E-state index contributed by atoms with van der Waals surface area (Å²) in [6.07, 6.45) is 0. The molecule has 0 aliphatic rings. The molecule has 0 fully saturated rings. The van der Waals surface area contributed by atoms with E-state index >= 15 is 0 Å². The molecule has 0 radical (unpaired) electrons. The van der Waals surface area contributed by atoms with Crippen LogP contribution in [-0.4, -0.2) is 32.3 Å². The van der Waals surface area contributed by atoms with Gasteiger partial charge < -0.3 is 18.9 Å². The fraction of sp³-hybridized carbons (Fsp3) is 0.172. The molecule has 3 aromatic rings. The van der Waals surface area contributed by atoms with Gasteiger partial charge in [-0.25, -0.2) is 9.59 Å². The average molecular weight is 473 g/mol. The van der Waals surface area contributed by atoms with Crippen LogP contribution in [0.4, 0.5) is 0 Å². The van der Waals surface area contributed by atoms with E-state index in [9.17, 15) is 9.59 Å². The Morgan fingerprint density at radius 3 is 1.94 bits per heavy atom. The van der Waals surface area contributed by atoms with Gasteiger partial charge in [0, 0.05) is 11.1 Å². The Labute approximate surface area is 205 Å². The maximum atomic E-state index is 11.7. The molecule has 3 aromatic carbocycles. The van der Waals surface area contributed by atoms with Crippen molar-refractivity contribution in [3.8, 4) is 39.5 Å². The lowest BCUT2D eigenvalue weighted by Gasteiger charge is -2.13. The standard InChI is InChI=1S/C29H28O6/c1-19(2)28(30)34-16-15-33-26-14-11-24(18-27(26)32-5)23-8-6-7-22(17-23)21-9-12-25(13-10-21)35-29(31)20(3)4/h6-14,17-18H,1,3,15-16H2,2,4-5H3. The van der Waals surface area contributed by atoms with E-state index in [-0.39, 0.29) is 13.2 Å². The first-order valence-electron chi connectivity index (χ1n) is 11.0. The summed E-state index contributed by atoms with van der Waals surface area (Å²) < 4.78 is 21.5. The predicted octanol–water partition coefficient (Wildman–Crippen LogP) is 6.01. The summed E-state index contributed by atoms with van der Waals surface area (Å²) in [5.41, 5.74) is 4.64. The zero-order valence-corrected chi connectivity index (χ0v) is 20.1. The number of benzene rings is 3. The summed E-state index contributed by atoms with van der Waals surface area (Å²) in [6.45, 7) is 10.7. The van der Waals surface area contributed by atoms with Crippen molar-refractivity contribution in [3.63, 3.8) is 0 Å². The number of ether oxygens (including phenoxy) is 4. The zero-order chi connectivity index (χ0) is 25.4. The molecular formula is C29H28O6. The summed E-state index contributed by atoms with van der Waals surface area (Å²) in [7, 11) is 1.58. The molecule has 0 saturated heterocycles. The lowest BCUT2D eigenvalue weighted by Crippen LogP contribution is -2.12. The number of hydrogen-bond acceptors (Lipinski definition) is 6. The normalized spacial score (nSPS) is 10.3. The Hall–Kier alpha value is -4.32. The molecule has 0 aliphatic heterocycles. The van der Waals surface area contributed by atoms with Crippen molar-refractivity contribution in [2.45, 2.75) is 13.8 Å². The van der Waals surface area contributed by atoms with Gasteiger partial charge in [-0.3, -0.25) is 0 Å². The van der Waals surface area contributed by atoms with Crippen LogP contribution in [0.2, 0.25) is 0 Å². The third-order valence-electron chi connectivity index (χ3n) is 5.03. The molecule has 0 N–H and O–H groups in total.